The van der Waals surface area contributed by atoms with Crippen molar-refractivity contribution in [3.63, 3.8) is 0 Å². The third-order valence-corrected chi connectivity index (χ3v) is 3.32. The maximum absolute atomic E-state index is 11.4. The molecular formula is C15H19N3O3. The van der Waals surface area contributed by atoms with Crippen LogP contribution in [0.5, 0.6) is 5.75 Å². The number of aryl methyl sites for hydroxylation is 2. The normalized spacial score (nSPS) is 10.5. The highest BCUT2D eigenvalue weighted by molar-refractivity contribution is 5.94. The fourth-order valence-corrected chi connectivity index (χ4v) is 2.45. The molecule has 21 heavy (non-hydrogen) atoms. The number of rotatable bonds is 5. The van der Waals surface area contributed by atoms with Crippen LogP contribution in [0.15, 0.2) is 24.3 Å². The summed E-state index contributed by atoms with van der Waals surface area (Å²) in [5, 5.41) is 13.6. The second kappa shape index (κ2) is 5.87. The van der Waals surface area contributed by atoms with Gasteiger partial charge in [-0.2, -0.15) is 5.10 Å². The van der Waals surface area contributed by atoms with E-state index in [4.69, 9.17) is 4.74 Å². The van der Waals surface area contributed by atoms with Gasteiger partial charge in [0.2, 0.25) is 0 Å². The SMILES string of the molecule is COc1cccc(CN(C)c2c(C(=O)O)c(C)nn2C)c1. The third-order valence-electron chi connectivity index (χ3n) is 3.32. The predicted octanol–water partition coefficient (Wildman–Crippen LogP) is 2.07. The number of ether oxygens (including phenoxy) is 1. The molecule has 0 saturated heterocycles. The molecule has 6 nitrogen and oxygen atoms in total. The smallest absolute Gasteiger partial charge is 0.341 e. The monoisotopic (exact) mass is 289 g/mol. The van der Waals surface area contributed by atoms with E-state index in [1.165, 1.54) is 0 Å². The van der Waals surface area contributed by atoms with E-state index >= 15 is 0 Å². The zero-order valence-corrected chi connectivity index (χ0v) is 12.6. The van der Waals surface area contributed by atoms with E-state index in [0.29, 0.717) is 18.1 Å². The van der Waals surface area contributed by atoms with Gasteiger partial charge in [0.1, 0.15) is 17.1 Å². The number of aromatic nitrogens is 2. The molecule has 0 amide bonds. The second-order valence-corrected chi connectivity index (χ2v) is 4.92. The number of nitrogens with zero attached hydrogens (tertiary/aromatic N) is 3. The minimum absolute atomic E-state index is 0.239. The molecule has 112 valence electrons. The molecule has 1 aromatic carbocycles. The number of anilines is 1. The van der Waals surface area contributed by atoms with Gasteiger partial charge in [0.05, 0.1) is 12.8 Å². The largest absolute Gasteiger partial charge is 0.497 e. The molecular weight excluding hydrogens is 270 g/mol. The lowest BCUT2D eigenvalue weighted by Crippen LogP contribution is -2.21. The molecule has 0 spiro atoms. The van der Waals surface area contributed by atoms with Crippen LogP contribution in [-0.2, 0) is 13.6 Å². The Morgan fingerprint density at radius 3 is 2.81 bits per heavy atom. The van der Waals surface area contributed by atoms with Gasteiger partial charge in [-0.05, 0) is 24.6 Å². The summed E-state index contributed by atoms with van der Waals surface area (Å²) >= 11 is 0. The molecule has 2 aromatic rings. The van der Waals surface area contributed by atoms with Gasteiger partial charge in [-0.15, -0.1) is 0 Å². The number of carbonyl (C=O) groups is 1. The van der Waals surface area contributed by atoms with Crippen molar-refractivity contribution in [3.05, 3.63) is 41.1 Å². The molecule has 0 bridgehead atoms. The summed E-state index contributed by atoms with van der Waals surface area (Å²) in [5.41, 5.74) is 1.78. The molecule has 0 unspecified atom stereocenters. The van der Waals surface area contributed by atoms with Crippen molar-refractivity contribution >= 4 is 11.8 Å². The van der Waals surface area contributed by atoms with Gasteiger partial charge in [0, 0.05) is 20.6 Å². The number of hydrogen-bond donors (Lipinski definition) is 1. The minimum Gasteiger partial charge on any atom is -0.497 e. The first kappa shape index (κ1) is 14.9. The molecule has 1 N–H and O–H groups in total. The summed E-state index contributed by atoms with van der Waals surface area (Å²) in [6, 6.07) is 7.69. The predicted molar refractivity (Wildman–Crippen MR) is 80.0 cm³/mol. The molecule has 0 atom stereocenters. The summed E-state index contributed by atoms with van der Waals surface area (Å²) in [7, 11) is 5.22. The summed E-state index contributed by atoms with van der Waals surface area (Å²) in [5.74, 6) is 0.399. The van der Waals surface area contributed by atoms with E-state index in [-0.39, 0.29) is 5.56 Å². The molecule has 1 aromatic heterocycles. The van der Waals surface area contributed by atoms with Crippen LogP contribution in [0.4, 0.5) is 5.82 Å². The lowest BCUT2D eigenvalue weighted by molar-refractivity contribution is 0.0696. The number of hydrogen-bond acceptors (Lipinski definition) is 4. The van der Waals surface area contributed by atoms with Crippen molar-refractivity contribution in [3.8, 4) is 5.75 Å². The van der Waals surface area contributed by atoms with E-state index in [1.54, 1.807) is 25.8 Å². The van der Waals surface area contributed by atoms with Crippen LogP contribution < -0.4 is 9.64 Å². The molecule has 0 aliphatic heterocycles. The number of aromatic carboxylic acids is 1. The third kappa shape index (κ3) is 2.99. The molecule has 2 rings (SSSR count). The van der Waals surface area contributed by atoms with Crippen molar-refractivity contribution in [1.29, 1.82) is 0 Å². The van der Waals surface area contributed by atoms with Gasteiger partial charge in [0.15, 0.2) is 0 Å². The second-order valence-electron chi connectivity index (χ2n) is 4.92. The average molecular weight is 289 g/mol. The maximum Gasteiger partial charge on any atom is 0.341 e. The zero-order valence-electron chi connectivity index (χ0n) is 12.6. The number of carboxylic acid groups (broad SMARTS) is 1. The Hall–Kier alpha value is -2.50. The molecule has 1 heterocycles. The summed E-state index contributed by atoms with van der Waals surface area (Å²) in [6.45, 7) is 2.27. The van der Waals surface area contributed by atoms with Crippen molar-refractivity contribution in [2.24, 2.45) is 7.05 Å². The Kier molecular flexibility index (Phi) is 4.16. The summed E-state index contributed by atoms with van der Waals surface area (Å²) in [6.07, 6.45) is 0. The van der Waals surface area contributed by atoms with Gasteiger partial charge >= 0.3 is 5.97 Å². The van der Waals surface area contributed by atoms with E-state index in [2.05, 4.69) is 5.10 Å². The van der Waals surface area contributed by atoms with Crippen LogP contribution in [0, 0.1) is 6.92 Å². The van der Waals surface area contributed by atoms with Crippen LogP contribution in [0.2, 0.25) is 0 Å². The number of benzene rings is 1. The first-order chi connectivity index (χ1) is 9.93. The van der Waals surface area contributed by atoms with Gasteiger partial charge < -0.3 is 14.7 Å². The van der Waals surface area contributed by atoms with Crippen LogP contribution >= 0.6 is 0 Å². The molecule has 0 fully saturated rings. The van der Waals surface area contributed by atoms with Gasteiger partial charge in [0.25, 0.3) is 0 Å². The topological polar surface area (TPSA) is 67.6 Å². The van der Waals surface area contributed by atoms with Gasteiger partial charge in [-0.1, -0.05) is 12.1 Å². The van der Waals surface area contributed by atoms with E-state index < -0.39 is 5.97 Å². The molecule has 0 radical (unpaired) electrons. The maximum atomic E-state index is 11.4. The van der Waals surface area contributed by atoms with Gasteiger partial charge in [-0.25, -0.2) is 4.79 Å². The van der Waals surface area contributed by atoms with Crippen molar-refractivity contribution < 1.29 is 14.6 Å². The Morgan fingerprint density at radius 2 is 2.19 bits per heavy atom. The standard InChI is InChI=1S/C15H19N3O3/c1-10-13(15(19)20)14(18(3)16-10)17(2)9-11-6-5-7-12(8-11)21-4/h5-8H,9H2,1-4H3,(H,19,20). The molecule has 6 heteroatoms. The first-order valence-corrected chi connectivity index (χ1v) is 6.55. The van der Waals surface area contributed by atoms with Crippen LogP contribution in [0.3, 0.4) is 0 Å². The van der Waals surface area contributed by atoms with Crippen LogP contribution in [0.25, 0.3) is 0 Å². The molecule has 0 aliphatic carbocycles. The van der Waals surface area contributed by atoms with E-state index in [0.717, 1.165) is 11.3 Å². The highest BCUT2D eigenvalue weighted by atomic mass is 16.5. The lowest BCUT2D eigenvalue weighted by Gasteiger charge is -2.20. The zero-order chi connectivity index (χ0) is 15.6. The highest BCUT2D eigenvalue weighted by Gasteiger charge is 2.22. The lowest BCUT2D eigenvalue weighted by atomic mass is 10.2. The quantitative estimate of drug-likeness (QED) is 0.912. The first-order valence-electron chi connectivity index (χ1n) is 6.55. The highest BCUT2D eigenvalue weighted by Crippen LogP contribution is 2.24. The Bertz CT molecular complexity index is 664. The summed E-state index contributed by atoms with van der Waals surface area (Å²) in [4.78, 5) is 13.3. The fourth-order valence-electron chi connectivity index (χ4n) is 2.45. The van der Waals surface area contributed by atoms with Gasteiger partial charge in [-0.3, -0.25) is 4.68 Å². The summed E-state index contributed by atoms with van der Waals surface area (Å²) < 4.78 is 6.80. The average Bonchev–Trinajstić information content (AvgIpc) is 2.73. The molecule has 0 saturated carbocycles. The molecule has 0 aliphatic rings. The number of methoxy groups -OCH3 is 1. The Labute approximate surface area is 123 Å². The van der Waals surface area contributed by atoms with Crippen molar-refractivity contribution in [2.45, 2.75) is 13.5 Å². The fraction of sp³-hybridized carbons (Fsp3) is 0.333. The van der Waals surface area contributed by atoms with Crippen molar-refractivity contribution in [2.75, 3.05) is 19.1 Å². The Morgan fingerprint density at radius 1 is 1.48 bits per heavy atom. The Balaban J connectivity index is 2.32. The van der Waals surface area contributed by atoms with Crippen LogP contribution in [-0.4, -0.2) is 35.0 Å². The number of carboxylic acids is 1. The minimum atomic E-state index is -0.965. The van der Waals surface area contributed by atoms with Crippen molar-refractivity contribution in [1.82, 2.24) is 9.78 Å². The van der Waals surface area contributed by atoms with E-state index in [1.807, 2.05) is 36.2 Å². The van der Waals surface area contributed by atoms with Crippen LogP contribution in [0.1, 0.15) is 21.6 Å². The van der Waals surface area contributed by atoms with E-state index in [9.17, 15) is 9.90 Å².